The molecule has 1 N–H and O–H groups in total. The first-order valence-electron chi connectivity index (χ1n) is 6.42. The number of carbonyl (C=O) groups is 1. The van der Waals surface area contributed by atoms with E-state index in [0.717, 1.165) is 15.7 Å². The maximum Gasteiger partial charge on any atom is 0.264 e. The zero-order valence-electron chi connectivity index (χ0n) is 11.2. The molecule has 22 heavy (non-hydrogen) atoms. The van der Waals surface area contributed by atoms with Crippen LogP contribution in [0.5, 0.6) is 0 Å². The Morgan fingerprint density at radius 1 is 1.14 bits per heavy atom. The van der Waals surface area contributed by atoms with Gasteiger partial charge in [0.2, 0.25) is 0 Å². The van der Waals surface area contributed by atoms with Crippen molar-refractivity contribution in [3.8, 4) is 0 Å². The molecule has 0 bridgehead atoms. The van der Waals surface area contributed by atoms with Crippen LogP contribution < -0.4 is 5.32 Å². The average Bonchev–Trinajstić information content (AvgIpc) is 2.84. The van der Waals surface area contributed by atoms with E-state index in [2.05, 4.69) is 26.2 Å². The highest BCUT2D eigenvalue weighted by Gasteiger charge is 2.24. The molecule has 3 rings (SSSR count). The second-order valence-corrected chi connectivity index (χ2v) is 6.75. The van der Waals surface area contributed by atoms with Gasteiger partial charge in [-0.25, -0.2) is 4.99 Å². The van der Waals surface area contributed by atoms with E-state index in [0.29, 0.717) is 15.1 Å². The van der Waals surface area contributed by atoms with Gasteiger partial charge in [0.1, 0.15) is 0 Å². The minimum atomic E-state index is -0.171. The number of thioether (sulfide) groups is 1. The zero-order chi connectivity index (χ0) is 15.5. The normalized spacial score (nSPS) is 18.0. The highest BCUT2D eigenvalue weighted by Crippen LogP contribution is 2.31. The van der Waals surface area contributed by atoms with Gasteiger partial charge in [-0.3, -0.25) is 4.79 Å². The fourth-order valence-electron chi connectivity index (χ4n) is 1.87. The number of hydrogen-bond donors (Lipinski definition) is 1. The summed E-state index contributed by atoms with van der Waals surface area (Å²) in [6, 6.07) is 15.0. The molecule has 0 radical (unpaired) electrons. The lowest BCUT2D eigenvalue weighted by atomic mass is 10.2. The Morgan fingerprint density at radius 3 is 2.64 bits per heavy atom. The van der Waals surface area contributed by atoms with Crippen molar-refractivity contribution < 1.29 is 4.79 Å². The molecule has 1 heterocycles. The first kappa shape index (κ1) is 15.3. The highest BCUT2D eigenvalue weighted by atomic mass is 79.9. The summed E-state index contributed by atoms with van der Waals surface area (Å²) >= 11 is 10.8. The zero-order valence-corrected chi connectivity index (χ0v) is 14.4. The number of carbonyl (C=O) groups excluding carboxylic acids is 1. The second kappa shape index (κ2) is 6.69. The molecule has 110 valence electrons. The third-order valence-corrected chi connectivity index (χ3v) is 4.84. The topological polar surface area (TPSA) is 41.5 Å². The maximum absolute atomic E-state index is 12.0. The molecular formula is C16H10BrClN2OS. The van der Waals surface area contributed by atoms with E-state index < -0.39 is 0 Å². The van der Waals surface area contributed by atoms with Gasteiger partial charge in [-0.05, 0) is 57.5 Å². The van der Waals surface area contributed by atoms with Gasteiger partial charge >= 0.3 is 0 Å². The highest BCUT2D eigenvalue weighted by molar-refractivity contribution is 9.10. The van der Waals surface area contributed by atoms with Crippen LogP contribution in [0.4, 0.5) is 5.69 Å². The van der Waals surface area contributed by atoms with E-state index in [1.54, 1.807) is 12.1 Å². The first-order valence-corrected chi connectivity index (χ1v) is 8.41. The predicted molar refractivity (Wildman–Crippen MR) is 96.4 cm³/mol. The van der Waals surface area contributed by atoms with Crippen LogP contribution in [-0.4, -0.2) is 11.1 Å². The van der Waals surface area contributed by atoms with E-state index in [4.69, 9.17) is 11.6 Å². The number of nitrogens with zero attached hydrogens (tertiary/aromatic N) is 1. The summed E-state index contributed by atoms with van der Waals surface area (Å²) in [5.41, 5.74) is 1.58. The largest absolute Gasteiger partial charge is 0.300 e. The van der Waals surface area contributed by atoms with E-state index in [9.17, 15) is 4.79 Å². The second-order valence-electron chi connectivity index (χ2n) is 4.45. The lowest BCUT2D eigenvalue weighted by Gasteiger charge is -1.98. The summed E-state index contributed by atoms with van der Waals surface area (Å²) in [5, 5.41) is 3.92. The van der Waals surface area contributed by atoms with Crippen molar-refractivity contribution in [2.24, 2.45) is 4.99 Å². The molecule has 0 aliphatic carbocycles. The summed E-state index contributed by atoms with van der Waals surface area (Å²) in [6.07, 6.45) is 1.77. The molecule has 1 aliphatic rings. The van der Waals surface area contributed by atoms with Crippen molar-refractivity contribution in [3.63, 3.8) is 0 Å². The predicted octanol–water partition coefficient (Wildman–Crippen LogP) is 4.99. The molecule has 0 saturated carbocycles. The molecular weight excluding hydrogens is 384 g/mol. The maximum atomic E-state index is 12.0. The van der Waals surface area contributed by atoms with Gasteiger partial charge in [0.25, 0.3) is 5.91 Å². The van der Waals surface area contributed by atoms with E-state index in [1.165, 1.54) is 11.8 Å². The van der Waals surface area contributed by atoms with Gasteiger partial charge in [-0.2, -0.15) is 0 Å². The fourth-order valence-corrected chi connectivity index (χ4v) is 3.26. The molecule has 1 fully saturated rings. The Balaban J connectivity index is 1.88. The third kappa shape index (κ3) is 3.43. The van der Waals surface area contributed by atoms with Gasteiger partial charge in [-0.15, -0.1) is 0 Å². The van der Waals surface area contributed by atoms with Gasteiger partial charge < -0.3 is 5.32 Å². The van der Waals surface area contributed by atoms with Crippen molar-refractivity contribution in [3.05, 3.63) is 68.5 Å². The molecule has 6 heteroatoms. The number of amides is 1. The third-order valence-electron chi connectivity index (χ3n) is 2.92. The van der Waals surface area contributed by atoms with Crippen molar-refractivity contribution in [2.75, 3.05) is 0 Å². The smallest absolute Gasteiger partial charge is 0.264 e. The summed E-state index contributed by atoms with van der Waals surface area (Å²) in [7, 11) is 0. The first-order chi connectivity index (χ1) is 10.6. The number of para-hydroxylation sites is 1. The molecule has 2 aromatic rings. The lowest BCUT2D eigenvalue weighted by molar-refractivity contribution is -0.115. The number of nitrogens with one attached hydrogen (secondary N) is 1. The van der Waals surface area contributed by atoms with Crippen molar-refractivity contribution in [1.82, 2.24) is 5.32 Å². The van der Waals surface area contributed by atoms with E-state index >= 15 is 0 Å². The van der Waals surface area contributed by atoms with Crippen LogP contribution in [0.3, 0.4) is 0 Å². The number of halogens is 2. The van der Waals surface area contributed by atoms with Gasteiger partial charge in [0.15, 0.2) is 5.17 Å². The molecule has 0 spiro atoms. The number of rotatable bonds is 2. The van der Waals surface area contributed by atoms with Crippen LogP contribution in [-0.2, 0) is 4.79 Å². The Labute approximate surface area is 145 Å². The lowest BCUT2D eigenvalue weighted by Crippen LogP contribution is -2.19. The Bertz CT molecular complexity index is 804. The van der Waals surface area contributed by atoms with Gasteiger partial charge in [-0.1, -0.05) is 41.9 Å². The van der Waals surface area contributed by atoms with Crippen molar-refractivity contribution in [1.29, 1.82) is 0 Å². The van der Waals surface area contributed by atoms with Crippen LogP contribution in [0.1, 0.15) is 5.56 Å². The molecule has 1 aliphatic heterocycles. The Kier molecular flexibility index (Phi) is 4.66. The number of hydrogen-bond acceptors (Lipinski definition) is 3. The van der Waals surface area contributed by atoms with Crippen molar-refractivity contribution in [2.45, 2.75) is 0 Å². The standard InChI is InChI=1S/C16H10BrClN2OS/c17-11-6-2-4-8-13(11)19-16-20-15(21)14(22-16)9-10-5-1-3-7-12(10)18/h1-9H,(H,19,20,21)/b14-9-. The van der Waals surface area contributed by atoms with Crippen LogP contribution in [0.15, 0.2) is 62.9 Å². The molecule has 2 aromatic carbocycles. The number of aliphatic imine (C=N–C) groups is 1. The summed E-state index contributed by atoms with van der Waals surface area (Å²) < 4.78 is 0.876. The summed E-state index contributed by atoms with van der Waals surface area (Å²) in [5.74, 6) is -0.171. The summed E-state index contributed by atoms with van der Waals surface area (Å²) in [6.45, 7) is 0. The Morgan fingerprint density at radius 2 is 1.86 bits per heavy atom. The molecule has 0 atom stereocenters. The quantitative estimate of drug-likeness (QED) is 0.730. The molecule has 0 unspecified atom stereocenters. The number of amidine groups is 1. The van der Waals surface area contributed by atoms with E-state index in [1.807, 2.05) is 42.5 Å². The van der Waals surface area contributed by atoms with E-state index in [-0.39, 0.29) is 5.91 Å². The molecule has 0 aromatic heterocycles. The van der Waals surface area contributed by atoms with Crippen LogP contribution in [0.2, 0.25) is 5.02 Å². The summed E-state index contributed by atoms with van der Waals surface area (Å²) in [4.78, 5) is 17.1. The number of benzene rings is 2. The van der Waals surface area contributed by atoms with Gasteiger partial charge in [0.05, 0.1) is 10.6 Å². The fraction of sp³-hybridized carbons (Fsp3) is 0. The monoisotopic (exact) mass is 392 g/mol. The van der Waals surface area contributed by atoms with Gasteiger partial charge in [0, 0.05) is 9.50 Å². The molecule has 1 saturated heterocycles. The van der Waals surface area contributed by atoms with Crippen molar-refractivity contribution >= 4 is 62.1 Å². The van der Waals surface area contributed by atoms with Crippen LogP contribution in [0.25, 0.3) is 6.08 Å². The van der Waals surface area contributed by atoms with Crippen LogP contribution >= 0.6 is 39.3 Å². The van der Waals surface area contributed by atoms with Crippen LogP contribution in [0, 0.1) is 0 Å². The SMILES string of the molecule is O=C1NC(=Nc2ccccc2Br)S/C1=C\c1ccccc1Cl. The average molecular weight is 394 g/mol. The Hall–Kier alpha value is -1.56. The minimum absolute atomic E-state index is 0.171. The molecule has 1 amide bonds. The molecule has 3 nitrogen and oxygen atoms in total. The minimum Gasteiger partial charge on any atom is -0.300 e.